The van der Waals surface area contributed by atoms with Crippen molar-refractivity contribution in [3.8, 4) is 0 Å². The summed E-state index contributed by atoms with van der Waals surface area (Å²) in [5.41, 5.74) is 8.12. The number of hydrogen-bond donors (Lipinski definition) is 2. The Balaban J connectivity index is 2.71. The number of nitrogens with two attached hydrogens (primary N) is 1. The largest absolute Gasteiger partial charge is 0.397 e. The molecule has 0 heterocycles. The van der Waals surface area contributed by atoms with Gasteiger partial charge in [-0.1, -0.05) is 0 Å². The summed E-state index contributed by atoms with van der Waals surface area (Å²) in [6.07, 6.45) is 1.03. The Morgan fingerprint density at radius 3 is 2.45 bits per heavy atom. The van der Waals surface area contributed by atoms with Crippen molar-refractivity contribution in [1.29, 1.82) is 0 Å². The highest BCUT2D eigenvalue weighted by atomic mass is 16.2. The first-order chi connectivity index (χ1) is 9.31. The van der Waals surface area contributed by atoms with Gasteiger partial charge >= 0.3 is 0 Å². The lowest BCUT2D eigenvalue weighted by atomic mass is 10.1. The van der Waals surface area contributed by atoms with Gasteiger partial charge in [-0.05, 0) is 52.2 Å². The molecule has 0 fully saturated rings. The van der Waals surface area contributed by atoms with Gasteiger partial charge in [0.15, 0.2) is 0 Å². The van der Waals surface area contributed by atoms with Crippen molar-refractivity contribution in [2.75, 3.05) is 45.8 Å². The Morgan fingerprint density at radius 2 is 1.95 bits per heavy atom. The quantitative estimate of drug-likeness (QED) is 0.778. The SMILES string of the molecule is CC(CCN(C)C)Nc1ccc(C(=O)N(C)C)cc1N. The van der Waals surface area contributed by atoms with Crippen LogP contribution in [-0.4, -0.2) is 56.5 Å². The van der Waals surface area contributed by atoms with E-state index in [1.54, 1.807) is 31.1 Å². The Bertz CT molecular complexity index is 457. The zero-order valence-corrected chi connectivity index (χ0v) is 13.1. The highest BCUT2D eigenvalue weighted by molar-refractivity contribution is 5.95. The maximum Gasteiger partial charge on any atom is 0.253 e. The smallest absolute Gasteiger partial charge is 0.253 e. The maximum atomic E-state index is 11.9. The van der Waals surface area contributed by atoms with Gasteiger partial charge in [0.25, 0.3) is 5.91 Å². The molecular formula is C15H26N4O. The van der Waals surface area contributed by atoms with Crippen molar-refractivity contribution in [2.24, 2.45) is 0 Å². The molecule has 0 saturated heterocycles. The fourth-order valence-electron chi connectivity index (χ4n) is 1.87. The van der Waals surface area contributed by atoms with Crippen LogP contribution in [0.5, 0.6) is 0 Å². The summed E-state index contributed by atoms with van der Waals surface area (Å²) in [5.74, 6) is -0.0380. The van der Waals surface area contributed by atoms with Crippen molar-refractivity contribution in [2.45, 2.75) is 19.4 Å². The summed E-state index contributed by atoms with van der Waals surface area (Å²) >= 11 is 0. The molecule has 0 radical (unpaired) electrons. The second kappa shape index (κ2) is 7.14. The molecule has 1 aromatic rings. The third-order valence-corrected chi connectivity index (χ3v) is 3.12. The average Bonchev–Trinajstić information content (AvgIpc) is 2.37. The molecule has 20 heavy (non-hydrogen) atoms. The molecule has 1 aromatic carbocycles. The van der Waals surface area contributed by atoms with Gasteiger partial charge in [0, 0.05) is 25.7 Å². The van der Waals surface area contributed by atoms with Crippen LogP contribution >= 0.6 is 0 Å². The van der Waals surface area contributed by atoms with Crippen molar-refractivity contribution in [1.82, 2.24) is 9.80 Å². The van der Waals surface area contributed by atoms with Crippen LogP contribution in [0.25, 0.3) is 0 Å². The van der Waals surface area contributed by atoms with Gasteiger partial charge in [0.05, 0.1) is 11.4 Å². The normalized spacial score (nSPS) is 12.3. The van der Waals surface area contributed by atoms with E-state index < -0.39 is 0 Å². The predicted molar refractivity (Wildman–Crippen MR) is 85.1 cm³/mol. The van der Waals surface area contributed by atoms with Gasteiger partial charge < -0.3 is 20.9 Å². The molecule has 0 aliphatic carbocycles. The summed E-state index contributed by atoms with van der Waals surface area (Å²) in [6.45, 7) is 3.15. The van der Waals surface area contributed by atoms with Gasteiger partial charge in [0.2, 0.25) is 0 Å². The molecule has 0 aliphatic heterocycles. The highest BCUT2D eigenvalue weighted by Gasteiger charge is 2.11. The molecular weight excluding hydrogens is 252 g/mol. The van der Waals surface area contributed by atoms with Crippen molar-refractivity contribution >= 4 is 17.3 Å². The fourth-order valence-corrected chi connectivity index (χ4v) is 1.87. The van der Waals surface area contributed by atoms with Crippen LogP contribution in [0.15, 0.2) is 18.2 Å². The Kier molecular flexibility index (Phi) is 5.82. The second-order valence-electron chi connectivity index (χ2n) is 5.64. The third kappa shape index (κ3) is 4.74. The first-order valence-electron chi connectivity index (χ1n) is 6.83. The number of nitrogens with one attached hydrogen (secondary N) is 1. The zero-order valence-electron chi connectivity index (χ0n) is 13.1. The number of carbonyl (C=O) groups is 1. The topological polar surface area (TPSA) is 61.6 Å². The number of nitrogens with zero attached hydrogens (tertiary/aromatic N) is 2. The molecule has 1 amide bonds. The summed E-state index contributed by atoms with van der Waals surface area (Å²) in [4.78, 5) is 15.5. The molecule has 3 N–H and O–H groups in total. The van der Waals surface area contributed by atoms with Crippen LogP contribution in [0.4, 0.5) is 11.4 Å². The lowest BCUT2D eigenvalue weighted by Crippen LogP contribution is -2.24. The molecule has 0 aliphatic rings. The van der Waals surface area contributed by atoms with Crippen LogP contribution < -0.4 is 11.1 Å². The number of benzene rings is 1. The van der Waals surface area contributed by atoms with Gasteiger partial charge in [0.1, 0.15) is 0 Å². The average molecular weight is 278 g/mol. The number of rotatable bonds is 6. The van der Waals surface area contributed by atoms with Gasteiger partial charge in [-0.15, -0.1) is 0 Å². The van der Waals surface area contributed by atoms with E-state index in [4.69, 9.17) is 5.73 Å². The number of amides is 1. The first kappa shape index (κ1) is 16.3. The Morgan fingerprint density at radius 1 is 1.30 bits per heavy atom. The monoisotopic (exact) mass is 278 g/mol. The van der Waals surface area contributed by atoms with Gasteiger partial charge in [-0.25, -0.2) is 0 Å². The molecule has 1 atom stereocenters. The molecule has 5 heteroatoms. The summed E-state index contributed by atoms with van der Waals surface area (Å²) in [5, 5.41) is 3.38. The van der Waals surface area contributed by atoms with E-state index in [-0.39, 0.29) is 5.91 Å². The number of hydrogen-bond acceptors (Lipinski definition) is 4. The number of nitrogen functional groups attached to an aromatic ring is 1. The molecule has 0 saturated carbocycles. The van der Waals surface area contributed by atoms with Crippen molar-refractivity contribution in [3.63, 3.8) is 0 Å². The molecule has 1 rings (SSSR count). The number of carbonyl (C=O) groups excluding carboxylic acids is 1. The van der Waals surface area contributed by atoms with E-state index >= 15 is 0 Å². The van der Waals surface area contributed by atoms with E-state index in [0.29, 0.717) is 17.3 Å². The first-order valence-corrected chi connectivity index (χ1v) is 6.83. The van der Waals surface area contributed by atoms with Crippen LogP contribution in [-0.2, 0) is 0 Å². The van der Waals surface area contributed by atoms with Crippen LogP contribution in [0.1, 0.15) is 23.7 Å². The van der Waals surface area contributed by atoms with Crippen LogP contribution in [0.3, 0.4) is 0 Å². The summed E-state index contributed by atoms with van der Waals surface area (Å²) < 4.78 is 0. The van der Waals surface area contributed by atoms with E-state index in [1.165, 1.54) is 0 Å². The highest BCUT2D eigenvalue weighted by Crippen LogP contribution is 2.21. The maximum absolute atomic E-state index is 11.9. The number of anilines is 2. The Hall–Kier alpha value is -1.75. The lowest BCUT2D eigenvalue weighted by Gasteiger charge is -2.19. The molecule has 1 unspecified atom stereocenters. The van der Waals surface area contributed by atoms with Crippen LogP contribution in [0, 0.1) is 0 Å². The zero-order chi connectivity index (χ0) is 15.3. The van der Waals surface area contributed by atoms with Crippen LogP contribution in [0.2, 0.25) is 0 Å². The molecule has 0 bridgehead atoms. The van der Waals surface area contributed by atoms with Crippen molar-refractivity contribution < 1.29 is 4.79 Å². The fraction of sp³-hybridized carbons (Fsp3) is 0.533. The van der Waals surface area contributed by atoms with Gasteiger partial charge in [-0.3, -0.25) is 4.79 Å². The lowest BCUT2D eigenvalue weighted by molar-refractivity contribution is 0.0827. The molecule has 0 spiro atoms. The molecule has 112 valence electrons. The minimum absolute atomic E-state index is 0.0380. The third-order valence-electron chi connectivity index (χ3n) is 3.12. The second-order valence-corrected chi connectivity index (χ2v) is 5.64. The Labute approximate surface area is 121 Å². The van der Waals surface area contributed by atoms with E-state index in [9.17, 15) is 4.79 Å². The van der Waals surface area contributed by atoms with Crippen molar-refractivity contribution in [3.05, 3.63) is 23.8 Å². The molecule has 5 nitrogen and oxygen atoms in total. The summed E-state index contributed by atoms with van der Waals surface area (Å²) in [6, 6.07) is 5.73. The molecule has 0 aromatic heterocycles. The minimum Gasteiger partial charge on any atom is -0.397 e. The predicted octanol–water partition coefficient (Wildman–Crippen LogP) is 1.72. The van der Waals surface area contributed by atoms with E-state index in [2.05, 4.69) is 31.2 Å². The van der Waals surface area contributed by atoms with E-state index in [1.807, 2.05) is 6.07 Å². The van der Waals surface area contributed by atoms with Gasteiger partial charge in [-0.2, -0.15) is 0 Å². The van der Waals surface area contributed by atoms with E-state index in [0.717, 1.165) is 18.7 Å². The summed E-state index contributed by atoms with van der Waals surface area (Å²) in [7, 11) is 7.58. The standard InChI is InChI=1S/C15H26N4O/c1-11(8-9-18(2)3)17-14-7-6-12(10-13(14)16)15(20)19(4)5/h6-7,10-11,17H,8-9,16H2,1-5H3. The minimum atomic E-state index is -0.0380.